The fourth-order valence-corrected chi connectivity index (χ4v) is 9.81. The summed E-state index contributed by atoms with van der Waals surface area (Å²) in [6.07, 6.45) is 1.82. The van der Waals surface area contributed by atoms with E-state index in [0.717, 1.165) is 30.6 Å². The molecule has 2 N–H and O–H groups in total. The standard InChI is InChI=1S/C29H36N2O2Si/c1-29(2,3)34(26-15-6-4-7-16-26,27-17-8-5-9-18-27)33-22-24-13-11-19-31(28(24)32)25-14-10-12-23(20-25)21-30/h4-10,12,14-18,20,24H,11,13,19,21-22,30H2,1-3H3. The van der Waals surface area contributed by atoms with E-state index in [1.165, 1.54) is 10.4 Å². The molecule has 0 aliphatic carbocycles. The first-order chi connectivity index (χ1) is 16.4. The van der Waals surface area contributed by atoms with Crippen LogP contribution in [0.2, 0.25) is 5.04 Å². The van der Waals surface area contributed by atoms with Crippen molar-refractivity contribution in [3.8, 4) is 0 Å². The molecule has 1 saturated heterocycles. The molecule has 3 aromatic rings. The van der Waals surface area contributed by atoms with E-state index in [0.29, 0.717) is 13.2 Å². The highest BCUT2D eigenvalue weighted by molar-refractivity contribution is 6.99. The number of amides is 1. The summed E-state index contributed by atoms with van der Waals surface area (Å²) in [5, 5.41) is 2.37. The topological polar surface area (TPSA) is 55.6 Å². The molecule has 0 spiro atoms. The van der Waals surface area contributed by atoms with E-state index in [2.05, 4.69) is 69.3 Å². The largest absolute Gasteiger partial charge is 0.407 e. The van der Waals surface area contributed by atoms with Crippen molar-refractivity contribution >= 4 is 30.3 Å². The quantitative estimate of drug-likeness (QED) is 0.517. The fourth-order valence-electron chi connectivity index (χ4n) is 5.20. The van der Waals surface area contributed by atoms with Gasteiger partial charge in [-0.3, -0.25) is 4.79 Å². The van der Waals surface area contributed by atoms with Gasteiger partial charge in [-0.25, -0.2) is 0 Å². The summed E-state index contributed by atoms with van der Waals surface area (Å²) in [6.45, 7) is 8.45. The Morgan fingerprint density at radius 2 is 1.56 bits per heavy atom. The molecule has 3 aromatic carbocycles. The zero-order chi connectivity index (χ0) is 24.2. The van der Waals surface area contributed by atoms with E-state index in [1.54, 1.807) is 0 Å². The highest BCUT2D eigenvalue weighted by atomic mass is 28.4. The minimum absolute atomic E-state index is 0.109. The van der Waals surface area contributed by atoms with Crippen molar-refractivity contribution in [2.24, 2.45) is 11.7 Å². The first-order valence-corrected chi connectivity index (χ1v) is 14.1. The lowest BCUT2D eigenvalue weighted by Gasteiger charge is -2.44. The molecular weight excluding hydrogens is 436 g/mol. The van der Waals surface area contributed by atoms with Crippen molar-refractivity contribution in [1.82, 2.24) is 0 Å². The molecule has 1 fully saturated rings. The number of benzene rings is 3. The molecule has 178 valence electrons. The Labute approximate surface area is 204 Å². The first kappa shape index (κ1) is 24.4. The Bertz CT molecular complexity index is 1060. The molecule has 1 aliphatic heterocycles. The fraction of sp³-hybridized carbons (Fsp3) is 0.345. The second-order valence-corrected chi connectivity index (χ2v) is 14.5. The second-order valence-electron chi connectivity index (χ2n) is 10.2. The van der Waals surface area contributed by atoms with Gasteiger partial charge in [0.15, 0.2) is 0 Å². The van der Waals surface area contributed by atoms with Crippen LogP contribution in [0.4, 0.5) is 5.69 Å². The van der Waals surface area contributed by atoms with Crippen molar-refractivity contribution in [3.05, 3.63) is 90.5 Å². The number of rotatable bonds is 7. The third-order valence-electron chi connectivity index (χ3n) is 6.93. The van der Waals surface area contributed by atoms with Crippen molar-refractivity contribution in [1.29, 1.82) is 0 Å². The minimum Gasteiger partial charge on any atom is -0.407 e. The molecule has 0 saturated carbocycles. The monoisotopic (exact) mass is 472 g/mol. The van der Waals surface area contributed by atoms with Gasteiger partial charge in [0.2, 0.25) is 5.91 Å². The Morgan fingerprint density at radius 1 is 0.941 bits per heavy atom. The molecule has 1 atom stereocenters. The van der Waals surface area contributed by atoms with Crippen LogP contribution in [0.1, 0.15) is 39.2 Å². The molecule has 4 rings (SSSR count). The summed E-state index contributed by atoms with van der Waals surface area (Å²) in [6, 6.07) is 29.2. The molecule has 0 radical (unpaired) electrons. The molecule has 1 unspecified atom stereocenters. The van der Waals surface area contributed by atoms with Gasteiger partial charge < -0.3 is 15.1 Å². The average molecular weight is 473 g/mol. The summed E-state index contributed by atoms with van der Waals surface area (Å²) in [5.41, 5.74) is 7.81. The Balaban J connectivity index is 1.66. The molecule has 0 aromatic heterocycles. The second kappa shape index (κ2) is 10.3. The minimum atomic E-state index is -2.67. The number of nitrogens with zero attached hydrogens (tertiary/aromatic N) is 1. The van der Waals surface area contributed by atoms with E-state index in [1.807, 2.05) is 41.3 Å². The lowest BCUT2D eigenvalue weighted by Crippen LogP contribution is -2.67. The lowest BCUT2D eigenvalue weighted by atomic mass is 9.97. The zero-order valence-corrected chi connectivity index (χ0v) is 21.5. The molecule has 1 aliphatic rings. The Hall–Kier alpha value is -2.73. The molecule has 4 nitrogen and oxygen atoms in total. The van der Waals surface area contributed by atoms with Gasteiger partial charge in [-0.15, -0.1) is 0 Å². The number of carbonyl (C=O) groups is 1. The first-order valence-electron chi connectivity index (χ1n) is 12.2. The van der Waals surface area contributed by atoms with E-state index < -0.39 is 8.32 Å². The van der Waals surface area contributed by atoms with Crippen molar-refractivity contribution in [3.63, 3.8) is 0 Å². The highest BCUT2D eigenvalue weighted by Gasteiger charge is 2.50. The number of hydrogen-bond donors (Lipinski definition) is 1. The molecular formula is C29H36N2O2Si. The van der Waals surface area contributed by atoms with Crippen LogP contribution >= 0.6 is 0 Å². The predicted molar refractivity (Wildman–Crippen MR) is 143 cm³/mol. The predicted octanol–water partition coefficient (Wildman–Crippen LogP) is 4.46. The average Bonchev–Trinajstić information content (AvgIpc) is 2.86. The molecule has 5 heteroatoms. The van der Waals surface area contributed by atoms with Crippen molar-refractivity contribution in [2.45, 2.75) is 45.2 Å². The third kappa shape index (κ3) is 4.74. The van der Waals surface area contributed by atoms with Crippen LogP contribution in [0.5, 0.6) is 0 Å². The normalized spacial score (nSPS) is 17.1. The van der Waals surface area contributed by atoms with E-state index >= 15 is 0 Å². The van der Waals surface area contributed by atoms with Crippen molar-refractivity contribution in [2.75, 3.05) is 18.1 Å². The van der Waals surface area contributed by atoms with Crippen LogP contribution in [0.3, 0.4) is 0 Å². The number of nitrogens with two attached hydrogens (primary N) is 1. The van der Waals surface area contributed by atoms with Crippen LogP contribution in [-0.4, -0.2) is 27.4 Å². The van der Waals surface area contributed by atoms with Gasteiger partial charge in [0.1, 0.15) is 0 Å². The maximum atomic E-state index is 13.6. The summed E-state index contributed by atoms with van der Waals surface area (Å²) in [5.74, 6) is -0.00436. The van der Waals surface area contributed by atoms with E-state index in [9.17, 15) is 4.79 Å². The highest BCUT2D eigenvalue weighted by Crippen LogP contribution is 2.37. The van der Waals surface area contributed by atoms with Crippen molar-refractivity contribution < 1.29 is 9.22 Å². The van der Waals surface area contributed by atoms with Gasteiger partial charge in [-0.05, 0) is 45.9 Å². The van der Waals surface area contributed by atoms with Crippen LogP contribution in [-0.2, 0) is 15.8 Å². The van der Waals surface area contributed by atoms with Crippen LogP contribution in [0.15, 0.2) is 84.9 Å². The summed E-state index contributed by atoms with van der Waals surface area (Å²) in [4.78, 5) is 15.5. The number of piperidine rings is 1. The number of carbonyl (C=O) groups excluding carboxylic acids is 1. The summed E-state index contributed by atoms with van der Waals surface area (Å²) in [7, 11) is -2.67. The Morgan fingerprint density at radius 3 is 2.12 bits per heavy atom. The van der Waals surface area contributed by atoms with E-state index in [-0.39, 0.29) is 16.9 Å². The van der Waals surface area contributed by atoms with Gasteiger partial charge >= 0.3 is 0 Å². The zero-order valence-electron chi connectivity index (χ0n) is 20.5. The van der Waals surface area contributed by atoms with Gasteiger partial charge in [0.05, 0.1) is 5.92 Å². The summed E-state index contributed by atoms with van der Waals surface area (Å²) < 4.78 is 7.08. The number of hydrogen-bond acceptors (Lipinski definition) is 3. The third-order valence-corrected chi connectivity index (χ3v) is 11.9. The Kier molecular flexibility index (Phi) is 7.36. The maximum Gasteiger partial charge on any atom is 0.261 e. The SMILES string of the molecule is CC(C)(C)[Si](OCC1CCCN(c2cccc(CN)c2)C1=O)(c1ccccc1)c1ccccc1. The smallest absolute Gasteiger partial charge is 0.261 e. The van der Waals surface area contributed by atoms with Gasteiger partial charge in [-0.1, -0.05) is 93.6 Å². The molecule has 1 amide bonds. The molecule has 34 heavy (non-hydrogen) atoms. The van der Waals surface area contributed by atoms with Crippen LogP contribution in [0, 0.1) is 5.92 Å². The lowest BCUT2D eigenvalue weighted by molar-refractivity contribution is -0.124. The molecule has 1 heterocycles. The van der Waals surface area contributed by atoms with Gasteiger partial charge in [0.25, 0.3) is 8.32 Å². The van der Waals surface area contributed by atoms with Gasteiger partial charge in [0, 0.05) is 25.4 Å². The van der Waals surface area contributed by atoms with E-state index in [4.69, 9.17) is 10.2 Å². The number of anilines is 1. The van der Waals surface area contributed by atoms with Gasteiger partial charge in [-0.2, -0.15) is 0 Å². The summed E-state index contributed by atoms with van der Waals surface area (Å²) >= 11 is 0. The molecule has 0 bridgehead atoms. The maximum absolute atomic E-state index is 13.6. The van der Waals surface area contributed by atoms with Crippen LogP contribution in [0.25, 0.3) is 0 Å². The van der Waals surface area contributed by atoms with Crippen LogP contribution < -0.4 is 21.0 Å².